The first-order valence-electron chi connectivity index (χ1n) is 8.25. The Kier molecular flexibility index (Phi) is 4.51. The second-order valence-corrected chi connectivity index (χ2v) is 7.05. The van der Waals surface area contributed by atoms with E-state index < -0.39 is 0 Å². The molecule has 0 unspecified atom stereocenters. The van der Waals surface area contributed by atoms with Gasteiger partial charge in [0.1, 0.15) is 5.03 Å². The maximum Gasteiger partial charge on any atom is 0.221 e. The molecule has 4 rings (SSSR count). The van der Waals surface area contributed by atoms with Gasteiger partial charge in [0.05, 0.1) is 0 Å². The summed E-state index contributed by atoms with van der Waals surface area (Å²) in [6.07, 6.45) is 5.53. The third-order valence-corrected chi connectivity index (χ3v) is 4.62. The van der Waals surface area contributed by atoms with Crippen LogP contribution in [0.3, 0.4) is 0 Å². The zero-order valence-electron chi connectivity index (χ0n) is 14.7. The fraction of sp³-hybridized carbons (Fsp3) is 0.111. The zero-order chi connectivity index (χ0) is 18.8. The van der Waals surface area contributed by atoms with E-state index in [-0.39, 0.29) is 5.91 Å². The number of aryl methyl sites for hydroxylation is 1. The number of carbonyl (C=O) groups is 1. The van der Waals surface area contributed by atoms with Crippen LogP contribution in [0.5, 0.6) is 0 Å². The Hall–Kier alpha value is -3.33. The van der Waals surface area contributed by atoms with E-state index in [9.17, 15) is 4.79 Å². The number of carbonyl (C=O) groups excluding carboxylic acids is 1. The highest BCUT2D eigenvalue weighted by atomic mass is 32.2. The Labute approximate surface area is 159 Å². The second-order valence-electron chi connectivity index (χ2n) is 5.95. The van der Waals surface area contributed by atoms with Crippen molar-refractivity contribution in [2.45, 2.75) is 23.8 Å². The van der Waals surface area contributed by atoms with E-state index in [0.29, 0.717) is 11.6 Å². The molecule has 4 aromatic rings. The predicted molar refractivity (Wildman–Crippen MR) is 104 cm³/mol. The lowest BCUT2D eigenvalue weighted by Crippen LogP contribution is -2.05. The molecule has 0 bridgehead atoms. The summed E-state index contributed by atoms with van der Waals surface area (Å²) >= 11 is 1.52. The average Bonchev–Trinajstić information content (AvgIpc) is 3.25. The third kappa shape index (κ3) is 3.93. The standard InChI is InChI=1S/C18H17N7OS/c1-11-9-15(24-23-11)21-17-18-19-7-8-25(18)10-16(22-17)27-14-5-3-13(4-6-14)20-12(2)26/h3-10H,1-2H3,(H,20,26)(H2,21,22,23,24). The highest BCUT2D eigenvalue weighted by Crippen LogP contribution is 2.29. The van der Waals surface area contributed by atoms with E-state index in [1.54, 1.807) is 6.20 Å². The minimum atomic E-state index is -0.0908. The molecule has 0 fully saturated rings. The van der Waals surface area contributed by atoms with E-state index in [1.165, 1.54) is 18.7 Å². The maximum atomic E-state index is 11.1. The molecule has 0 aliphatic carbocycles. The van der Waals surface area contributed by atoms with Crippen molar-refractivity contribution in [1.29, 1.82) is 0 Å². The van der Waals surface area contributed by atoms with E-state index >= 15 is 0 Å². The normalized spacial score (nSPS) is 10.9. The first-order chi connectivity index (χ1) is 13.1. The molecule has 0 atom stereocenters. The molecule has 0 aliphatic heterocycles. The summed E-state index contributed by atoms with van der Waals surface area (Å²) in [7, 11) is 0. The average molecular weight is 379 g/mol. The molecular formula is C18H17N7OS. The fourth-order valence-corrected chi connectivity index (χ4v) is 3.39. The number of aromatic amines is 1. The molecule has 1 aromatic carbocycles. The van der Waals surface area contributed by atoms with Gasteiger partial charge in [-0.05, 0) is 31.2 Å². The number of hydrogen-bond donors (Lipinski definition) is 3. The Morgan fingerprint density at radius 1 is 1.26 bits per heavy atom. The Balaban J connectivity index is 1.61. The lowest BCUT2D eigenvalue weighted by molar-refractivity contribution is -0.114. The van der Waals surface area contributed by atoms with Gasteiger partial charge in [0.15, 0.2) is 17.3 Å². The topological polar surface area (TPSA) is 100 Å². The van der Waals surface area contributed by atoms with Crippen molar-refractivity contribution in [3.8, 4) is 0 Å². The van der Waals surface area contributed by atoms with Crippen LogP contribution >= 0.6 is 11.8 Å². The van der Waals surface area contributed by atoms with Crippen molar-refractivity contribution in [3.63, 3.8) is 0 Å². The quantitative estimate of drug-likeness (QED) is 0.490. The number of amides is 1. The minimum absolute atomic E-state index is 0.0908. The van der Waals surface area contributed by atoms with Crippen LogP contribution in [-0.2, 0) is 4.79 Å². The third-order valence-electron chi connectivity index (χ3n) is 3.70. The van der Waals surface area contributed by atoms with Crippen LogP contribution in [0.25, 0.3) is 5.65 Å². The van der Waals surface area contributed by atoms with Crippen molar-refractivity contribution in [1.82, 2.24) is 24.6 Å². The molecular weight excluding hydrogens is 362 g/mol. The van der Waals surface area contributed by atoms with Gasteiger partial charge in [-0.15, -0.1) is 0 Å². The molecule has 3 aromatic heterocycles. The van der Waals surface area contributed by atoms with Crippen LogP contribution in [0.4, 0.5) is 17.3 Å². The lowest BCUT2D eigenvalue weighted by Gasteiger charge is -2.08. The molecule has 27 heavy (non-hydrogen) atoms. The number of imidazole rings is 1. The Morgan fingerprint density at radius 3 is 2.78 bits per heavy atom. The molecule has 1 amide bonds. The summed E-state index contributed by atoms with van der Waals surface area (Å²) in [6, 6.07) is 9.53. The van der Waals surface area contributed by atoms with Crippen molar-refractivity contribution < 1.29 is 4.79 Å². The van der Waals surface area contributed by atoms with E-state index in [1.807, 2.05) is 54.0 Å². The van der Waals surface area contributed by atoms with Crippen molar-refractivity contribution in [2.24, 2.45) is 0 Å². The zero-order valence-corrected chi connectivity index (χ0v) is 15.5. The SMILES string of the molecule is CC(=O)Nc1ccc(Sc2cn3ccnc3c(Nc3cc(C)[nH]n3)n2)cc1. The van der Waals surface area contributed by atoms with Gasteiger partial charge in [-0.1, -0.05) is 11.8 Å². The summed E-state index contributed by atoms with van der Waals surface area (Å²) in [4.78, 5) is 21.2. The number of H-pyrrole nitrogens is 1. The van der Waals surface area contributed by atoms with Crippen molar-refractivity contribution in [3.05, 3.63) is 54.6 Å². The molecule has 0 spiro atoms. The number of rotatable bonds is 5. The number of benzene rings is 1. The first-order valence-corrected chi connectivity index (χ1v) is 9.07. The van der Waals surface area contributed by atoms with Gasteiger partial charge >= 0.3 is 0 Å². The summed E-state index contributed by atoms with van der Waals surface area (Å²) in [5, 5.41) is 13.9. The van der Waals surface area contributed by atoms with E-state index in [4.69, 9.17) is 0 Å². The second kappa shape index (κ2) is 7.12. The number of aromatic nitrogens is 5. The maximum absolute atomic E-state index is 11.1. The lowest BCUT2D eigenvalue weighted by atomic mass is 10.3. The fourth-order valence-electron chi connectivity index (χ4n) is 2.58. The Bertz CT molecular complexity index is 1100. The first kappa shape index (κ1) is 17.1. The molecule has 9 heteroatoms. The molecule has 3 heterocycles. The summed E-state index contributed by atoms with van der Waals surface area (Å²) in [5.74, 6) is 1.23. The van der Waals surface area contributed by atoms with Gasteiger partial charge in [-0.3, -0.25) is 9.89 Å². The molecule has 8 nitrogen and oxygen atoms in total. The highest BCUT2D eigenvalue weighted by molar-refractivity contribution is 7.99. The minimum Gasteiger partial charge on any atom is -0.326 e. The smallest absolute Gasteiger partial charge is 0.221 e. The van der Waals surface area contributed by atoms with Gasteiger partial charge < -0.3 is 15.0 Å². The number of nitrogens with one attached hydrogen (secondary N) is 3. The predicted octanol–water partition coefficient (Wildman–Crippen LogP) is 3.61. The van der Waals surface area contributed by atoms with Gasteiger partial charge in [-0.25, -0.2) is 9.97 Å². The van der Waals surface area contributed by atoms with Crippen LogP contribution in [-0.4, -0.2) is 30.5 Å². The number of anilines is 3. The summed E-state index contributed by atoms with van der Waals surface area (Å²) in [5.41, 5.74) is 2.45. The molecule has 3 N–H and O–H groups in total. The van der Waals surface area contributed by atoms with Crippen LogP contribution in [0, 0.1) is 6.92 Å². The number of nitrogens with zero attached hydrogens (tertiary/aromatic N) is 4. The van der Waals surface area contributed by atoms with Crippen LogP contribution < -0.4 is 10.6 Å². The molecule has 0 saturated heterocycles. The molecule has 0 aliphatic rings. The van der Waals surface area contributed by atoms with Crippen LogP contribution in [0.2, 0.25) is 0 Å². The van der Waals surface area contributed by atoms with E-state index in [2.05, 4.69) is 30.8 Å². The largest absolute Gasteiger partial charge is 0.326 e. The van der Waals surface area contributed by atoms with Crippen LogP contribution in [0.1, 0.15) is 12.6 Å². The molecule has 0 radical (unpaired) electrons. The van der Waals surface area contributed by atoms with Crippen molar-refractivity contribution >= 4 is 40.6 Å². The summed E-state index contributed by atoms with van der Waals surface area (Å²) in [6.45, 7) is 3.43. The number of fused-ring (bicyclic) bond motifs is 1. The van der Waals surface area contributed by atoms with Gasteiger partial charge in [-0.2, -0.15) is 5.10 Å². The number of hydrogen-bond acceptors (Lipinski definition) is 6. The highest BCUT2D eigenvalue weighted by Gasteiger charge is 2.10. The van der Waals surface area contributed by atoms with Crippen molar-refractivity contribution in [2.75, 3.05) is 10.6 Å². The summed E-state index contributed by atoms with van der Waals surface area (Å²) < 4.78 is 1.92. The van der Waals surface area contributed by atoms with Gasteiger partial charge in [0.2, 0.25) is 5.91 Å². The van der Waals surface area contributed by atoms with Gasteiger partial charge in [0.25, 0.3) is 0 Å². The Morgan fingerprint density at radius 2 is 2.07 bits per heavy atom. The van der Waals surface area contributed by atoms with Gasteiger partial charge in [0, 0.05) is 47.9 Å². The monoisotopic (exact) mass is 379 g/mol. The van der Waals surface area contributed by atoms with E-state index in [0.717, 1.165) is 26.9 Å². The molecule has 0 saturated carbocycles. The molecule has 136 valence electrons. The van der Waals surface area contributed by atoms with Crippen LogP contribution in [0.15, 0.2) is 58.8 Å².